The zero-order valence-corrected chi connectivity index (χ0v) is 9.81. The predicted molar refractivity (Wildman–Crippen MR) is 59.9 cm³/mol. The van der Waals surface area contributed by atoms with Gasteiger partial charge in [0.25, 0.3) is 0 Å². The van der Waals surface area contributed by atoms with E-state index in [1.54, 1.807) is 0 Å². The molecule has 0 bridgehead atoms. The zero-order valence-electron chi connectivity index (χ0n) is 9.05. The molecular formula is C9H11ClN4O4. The number of rotatable bonds is 4. The maximum Gasteiger partial charge on any atom is 0.186 e. The molecule has 0 aliphatic rings. The molecule has 8 nitrogen and oxygen atoms in total. The Morgan fingerprint density at radius 1 is 1.22 bits per heavy atom. The first kappa shape index (κ1) is 13.1. The van der Waals surface area contributed by atoms with Crippen molar-refractivity contribution in [3.8, 4) is 0 Å². The molecule has 0 saturated carbocycles. The van der Waals surface area contributed by atoms with Gasteiger partial charge in [0.15, 0.2) is 11.5 Å². The molecule has 2 aromatic rings. The smallest absolute Gasteiger partial charge is 0.186 e. The summed E-state index contributed by atoms with van der Waals surface area (Å²) in [7, 11) is 0. The van der Waals surface area contributed by atoms with Crippen molar-refractivity contribution >= 4 is 17.2 Å². The first-order valence-corrected chi connectivity index (χ1v) is 5.45. The summed E-state index contributed by atoms with van der Waals surface area (Å²) in [6, 6.07) is 3.04. The minimum atomic E-state index is -1.61. The third kappa shape index (κ3) is 2.28. The minimum Gasteiger partial charge on any atom is -0.394 e. The topological polar surface area (TPSA) is 124 Å². The average Bonchev–Trinajstić information content (AvgIpc) is 2.78. The fraction of sp³-hybridized carbons (Fsp3) is 0.444. The van der Waals surface area contributed by atoms with Gasteiger partial charge in [0.05, 0.1) is 6.61 Å². The van der Waals surface area contributed by atoms with Gasteiger partial charge in [-0.1, -0.05) is 11.6 Å². The molecule has 0 saturated heterocycles. The summed E-state index contributed by atoms with van der Waals surface area (Å²) in [5.74, 6) is -0.0764. The van der Waals surface area contributed by atoms with E-state index in [1.807, 2.05) is 0 Å². The van der Waals surface area contributed by atoms with Gasteiger partial charge in [0, 0.05) is 0 Å². The summed E-state index contributed by atoms with van der Waals surface area (Å²) < 4.78 is 1.15. The van der Waals surface area contributed by atoms with E-state index in [1.165, 1.54) is 12.1 Å². The number of nitrogens with zero attached hydrogens (tertiary/aromatic N) is 4. The van der Waals surface area contributed by atoms with Gasteiger partial charge in [0.1, 0.15) is 23.5 Å². The predicted octanol–water partition coefficient (Wildman–Crippen LogP) is -1.47. The standard InChI is InChI=1S/C9H11ClN4O4/c10-5-1-2-6-11-12-9(14(6)13-5)8(18)7(17)4(16)3-15/h1-2,4,7-8,15-18H,3H2/t4-,7-,8-/m1/s1. The van der Waals surface area contributed by atoms with Crippen LogP contribution in [0.4, 0.5) is 0 Å². The second-order valence-electron chi connectivity index (χ2n) is 3.67. The molecule has 4 N–H and O–H groups in total. The molecule has 0 aliphatic carbocycles. The Balaban J connectivity index is 2.38. The lowest BCUT2D eigenvalue weighted by atomic mass is 10.1. The Labute approximate surface area is 106 Å². The molecule has 0 radical (unpaired) electrons. The lowest BCUT2D eigenvalue weighted by molar-refractivity contribution is -0.0808. The summed E-state index contributed by atoms with van der Waals surface area (Å²) in [5, 5.41) is 48.8. The monoisotopic (exact) mass is 274 g/mol. The van der Waals surface area contributed by atoms with E-state index in [0.717, 1.165) is 4.52 Å². The van der Waals surface area contributed by atoms with Crippen LogP contribution in [0, 0.1) is 0 Å². The summed E-state index contributed by atoms with van der Waals surface area (Å²) in [6.45, 7) is -0.691. The molecule has 0 spiro atoms. The van der Waals surface area contributed by atoms with Crippen molar-refractivity contribution in [1.29, 1.82) is 0 Å². The SMILES string of the molecule is OC[C@@H](O)[C@@H](O)[C@@H](O)c1nnc2ccc(Cl)nn12. The molecule has 9 heteroatoms. The maximum absolute atomic E-state index is 9.84. The molecule has 98 valence electrons. The van der Waals surface area contributed by atoms with E-state index in [4.69, 9.17) is 16.7 Å². The average molecular weight is 275 g/mol. The fourth-order valence-electron chi connectivity index (χ4n) is 1.44. The number of fused-ring (bicyclic) bond motifs is 1. The van der Waals surface area contributed by atoms with E-state index in [0.29, 0.717) is 5.65 Å². The molecule has 0 amide bonds. The normalized spacial score (nSPS) is 16.7. The van der Waals surface area contributed by atoms with Crippen molar-refractivity contribution in [1.82, 2.24) is 19.8 Å². The lowest BCUT2D eigenvalue weighted by Gasteiger charge is -2.19. The van der Waals surface area contributed by atoms with Crippen LogP contribution in [0.2, 0.25) is 5.15 Å². The summed E-state index contributed by atoms with van der Waals surface area (Å²) in [6.07, 6.45) is -4.65. The number of aliphatic hydroxyl groups is 4. The fourth-order valence-corrected chi connectivity index (χ4v) is 1.58. The highest BCUT2D eigenvalue weighted by Gasteiger charge is 2.29. The molecule has 0 aliphatic heterocycles. The van der Waals surface area contributed by atoms with Gasteiger partial charge in [0.2, 0.25) is 0 Å². The molecule has 2 rings (SSSR count). The van der Waals surface area contributed by atoms with Crippen LogP contribution in [-0.2, 0) is 0 Å². The summed E-state index contributed by atoms with van der Waals surface area (Å²) in [5.41, 5.74) is 0.333. The van der Waals surface area contributed by atoms with Gasteiger partial charge >= 0.3 is 0 Å². The number of aliphatic hydroxyl groups excluding tert-OH is 4. The Morgan fingerprint density at radius 3 is 2.61 bits per heavy atom. The van der Waals surface area contributed by atoms with Gasteiger partial charge in [-0.3, -0.25) is 0 Å². The molecule has 0 fully saturated rings. The van der Waals surface area contributed by atoms with Gasteiger partial charge in [-0.15, -0.1) is 10.2 Å². The van der Waals surface area contributed by atoms with Crippen molar-refractivity contribution in [2.75, 3.05) is 6.61 Å². The van der Waals surface area contributed by atoms with Crippen molar-refractivity contribution in [2.45, 2.75) is 18.3 Å². The molecule has 18 heavy (non-hydrogen) atoms. The summed E-state index contributed by atoms with van der Waals surface area (Å²) in [4.78, 5) is 0. The van der Waals surface area contributed by atoms with Gasteiger partial charge in [-0.25, -0.2) is 0 Å². The highest BCUT2D eigenvalue weighted by Crippen LogP contribution is 2.18. The van der Waals surface area contributed by atoms with Crippen LogP contribution in [0.1, 0.15) is 11.9 Å². The molecule has 2 heterocycles. The number of hydrogen-bond acceptors (Lipinski definition) is 7. The zero-order chi connectivity index (χ0) is 13.3. The van der Waals surface area contributed by atoms with Crippen molar-refractivity contribution in [3.05, 3.63) is 23.1 Å². The third-order valence-corrected chi connectivity index (χ3v) is 2.63. The molecule has 0 unspecified atom stereocenters. The number of halogens is 1. The highest BCUT2D eigenvalue weighted by atomic mass is 35.5. The first-order valence-electron chi connectivity index (χ1n) is 5.07. The Kier molecular flexibility index (Phi) is 3.73. The van der Waals surface area contributed by atoms with Crippen LogP contribution < -0.4 is 0 Å². The summed E-state index contributed by atoms with van der Waals surface area (Å²) >= 11 is 5.70. The van der Waals surface area contributed by atoms with Crippen molar-refractivity contribution in [3.63, 3.8) is 0 Å². The van der Waals surface area contributed by atoms with Gasteiger partial charge in [-0.2, -0.15) is 9.61 Å². The number of hydrogen-bond donors (Lipinski definition) is 4. The highest BCUT2D eigenvalue weighted by molar-refractivity contribution is 6.29. The van der Waals surface area contributed by atoms with Gasteiger partial charge < -0.3 is 20.4 Å². The second kappa shape index (κ2) is 5.12. The van der Waals surface area contributed by atoms with E-state index in [2.05, 4.69) is 15.3 Å². The Morgan fingerprint density at radius 2 is 1.94 bits per heavy atom. The lowest BCUT2D eigenvalue weighted by Crippen LogP contribution is -2.35. The van der Waals surface area contributed by atoms with E-state index >= 15 is 0 Å². The Hall–Kier alpha value is -1.32. The van der Waals surface area contributed by atoms with Crippen molar-refractivity contribution < 1.29 is 20.4 Å². The van der Waals surface area contributed by atoms with Crippen LogP contribution in [0.5, 0.6) is 0 Å². The molecule has 2 aromatic heterocycles. The van der Waals surface area contributed by atoms with E-state index < -0.39 is 24.9 Å². The van der Waals surface area contributed by atoms with Crippen LogP contribution in [0.15, 0.2) is 12.1 Å². The van der Waals surface area contributed by atoms with Crippen LogP contribution in [-0.4, -0.2) is 59.1 Å². The largest absolute Gasteiger partial charge is 0.394 e. The molecule has 0 aromatic carbocycles. The quantitative estimate of drug-likeness (QED) is 0.536. The maximum atomic E-state index is 9.84. The Bertz CT molecular complexity index is 548. The van der Waals surface area contributed by atoms with Crippen molar-refractivity contribution in [2.24, 2.45) is 0 Å². The minimum absolute atomic E-state index is 0.0764. The third-order valence-electron chi connectivity index (χ3n) is 2.42. The van der Waals surface area contributed by atoms with Crippen LogP contribution >= 0.6 is 11.6 Å². The molecule has 3 atom stereocenters. The van der Waals surface area contributed by atoms with Crippen LogP contribution in [0.25, 0.3) is 5.65 Å². The molecular weight excluding hydrogens is 264 g/mol. The van der Waals surface area contributed by atoms with E-state index in [9.17, 15) is 15.3 Å². The number of aromatic nitrogens is 4. The van der Waals surface area contributed by atoms with Gasteiger partial charge in [-0.05, 0) is 12.1 Å². The van der Waals surface area contributed by atoms with E-state index in [-0.39, 0.29) is 11.0 Å². The second-order valence-corrected chi connectivity index (χ2v) is 4.06. The van der Waals surface area contributed by atoms with Crippen LogP contribution in [0.3, 0.4) is 0 Å². The first-order chi connectivity index (χ1) is 8.54.